The SMILES string of the molecule is O=C(OC1CCCCC1)[C@H]1CCCNC1. The van der Waals surface area contributed by atoms with Crippen LogP contribution >= 0.6 is 0 Å². The van der Waals surface area contributed by atoms with Crippen LogP contribution in [-0.2, 0) is 9.53 Å². The molecular formula is C12H21NO2. The van der Waals surface area contributed by atoms with Crippen LogP contribution in [0.1, 0.15) is 44.9 Å². The molecule has 1 saturated heterocycles. The molecule has 0 aromatic heterocycles. The largest absolute Gasteiger partial charge is 0.462 e. The van der Waals surface area contributed by atoms with Gasteiger partial charge in [-0.1, -0.05) is 6.42 Å². The normalized spacial score (nSPS) is 28.7. The van der Waals surface area contributed by atoms with Crippen molar-refractivity contribution in [1.29, 1.82) is 0 Å². The number of carbonyl (C=O) groups is 1. The number of piperidine rings is 1. The summed E-state index contributed by atoms with van der Waals surface area (Å²) in [5, 5.41) is 3.25. The van der Waals surface area contributed by atoms with E-state index in [1.54, 1.807) is 0 Å². The van der Waals surface area contributed by atoms with Crippen LogP contribution in [0.2, 0.25) is 0 Å². The van der Waals surface area contributed by atoms with E-state index in [1.165, 1.54) is 19.3 Å². The van der Waals surface area contributed by atoms with Crippen molar-refractivity contribution in [2.45, 2.75) is 51.0 Å². The molecule has 0 amide bonds. The second-order valence-electron chi connectivity index (χ2n) is 4.74. The van der Waals surface area contributed by atoms with Crippen LogP contribution in [-0.4, -0.2) is 25.2 Å². The van der Waals surface area contributed by atoms with E-state index in [9.17, 15) is 4.79 Å². The lowest BCUT2D eigenvalue weighted by molar-refractivity contribution is -0.156. The van der Waals surface area contributed by atoms with Gasteiger partial charge < -0.3 is 10.1 Å². The van der Waals surface area contributed by atoms with Crippen molar-refractivity contribution >= 4 is 5.97 Å². The first-order valence-corrected chi connectivity index (χ1v) is 6.27. The summed E-state index contributed by atoms with van der Waals surface area (Å²) in [5.41, 5.74) is 0. The summed E-state index contributed by atoms with van der Waals surface area (Å²) in [5.74, 6) is 0.148. The summed E-state index contributed by atoms with van der Waals surface area (Å²) < 4.78 is 5.55. The van der Waals surface area contributed by atoms with Gasteiger partial charge in [-0.25, -0.2) is 0 Å². The van der Waals surface area contributed by atoms with E-state index in [4.69, 9.17) is 4.74 Å². The van der Waals surface area contributed by atoms with Crippen molar-refractivity contribution in [2.24, 2.45) is 5.92 Å². The van der Waals surface area contributed by atoms with Crippen LogP contribution in [0.4, 0.5) is 0 Å². The Morgan fingerprint density at radius 3 is 2.53 bits per heavy atom. The van der Waals surface area contributed by atoms with E-state index in [0.717, 1.165) is 38.8 Å². The van der Waals surface area contributed by atoms with E-state index < -0.39 is 0 Å². The predicted molar refractivity (Wildman–Crippen MR) is 58.6 cm³/mol. The van der Waals surface area contributed by atoms with Crippen molar-refractivity contribution < 1.29 is 9.53 Å². The molecule has 0 bridgehead atoms. The summed E-state index contributed by atoms with van der Waals surface area (Å²) in [7, 11) is 0. The summed E-state index contributed by atoms with van der Waals surface area (Å²) in [6.07, 6.45) is 8.22. The van der Waals surface area contributed by atoms with Crippen molar-refractivity contribution in [3.8, 4) is 0 Å². The molecule has 1 aliphatic heterocycles. The van der Waals surface area contributed by atoms with Gasteiger partial charge in [-0.2, -0.15) is 0 Å². The van der Waals surface area contributed by atoms with Crippen molar-refractivity contribution in [2.75, 3.05) is 13.1 Å². The first-order valence-electron chi connectivity index (χ1n) is 6.27. The summed E-state index contributed by atoms with van der Waals surface area (Å²) in [6, 6.07) is 0. The number of hydrogen-bond acceptors (Lipinski definition) is 3. The molecule has 2 fully saturated rings. The minimum atomic E-state index is 0.0362. The van der Waals surface area contributed by atoms with Crippen LogP contribution < -0.4 is 5.32 Å². The van der Waals surface area contributed by atoms with Crippen LogP contribution in [0, 0.1) is 5.92 Å². The highest BCUT2D eigenvalue weighted by atomic mass is 16.5. The Bertz CT molecular complexity index is 206. The average molecular weight is 211 g/mol. The number of rotatable bonds is 2. The molecule has 3 nitrogen and oxygen atoms in total. The molecule has 1 atom stereocenters. The van der Waals surface area contributed by atoms with Crippen LogP contribution in [0.25, 0.3) is 0 Å². The zero-order chi connectivity index (χ0) is 10.5. The first-order chi connectivity index (χ1) is 7.36. The van der Waals surface area contributed by atoms with Gasteiger partial charge in [0.05, 0.1) is 5.92 Å². The lowest BCUT2D eigenvalue weighted by atomic mass is 9.96. The Hall–Kier alpha value is -0.570. The zero-order valence-electron chi connectivity index (χ0n) is 9.34. The van der Waals surface area contributed by atoms with Crippen molar-refractivity contribution in [3.05, 3.63) is 0 Å². The Morgan fingerprint density at radius 2 is 1.87 bits per heavy atom. The fraction of sp³-hybridized carbons (Fsp3) is 0.917. The monoisotopic (exact) mass is 211 g/mol. The number of ether oxygens (including phenoxy) is 1. The molecule has 86 valence electrons. The lowest BCUT2D eigenvalue weighted by Gasteiger charge is -2.26. The summed E-state index contributed by atoms with van der Waals surface area (Å²) >= 11 is 0. The summed E-state index contributed by atoms with van der Waals surface area (Å²) in [6.45, 7) is 1.86. The number of esters is 1. The fourth-order valence-corrected chi connectivity index (χ4v) is 2.50. The Morgan fingerprint density at radius 1 is 1.07 bits per heavy atom. The third-order valence-electron chi connectivity index (χ3n) is 3.47. The molecule has 0 spiro atoms. The van der Waals surface area contributed by atoms with E-state index in [1.807, 2.05) is 0 Å². The maximum atomic E-state index is 11.8. The molecule has 0 aromatic carbocycles. The van der Waals surface area contributed by atoms with Gasteiger partial charge in [0.2, 0.25) is 0 Å². The van der Waals surface area contributed by atoms with Gasteiger partial charge in [0.15, 0.2) is 0 Å². The van der Waals surface area contributed by atoms with Gasteiger partial charge in [-0.15, -0.1) is 0 Å². The van der Waals surface area contributed by atoms with Gasteiger partial charge in [0.25, 0.3) is 0 Å². The maximum absolute atomic E-state index is 11.8. The Kier molecular flexibility index (Phi) is 4.01. The van der Waals surface area contributed by atoms with Crippen LogP contribution in [0.5, 0.6) is 0 Å². The Balaban J connectivity index is 1.74. The molecule has 1 N–H and O–H groups in total. The van der Waals surface area contributed by atoms with Crippen LogP contribution in [0.3, 0.4) is 0 Å². The number of hydrogen-bond donors (Lipinski definition) is 1. The van der Waals surface area contributed by atoms with Gasteiger partial charge in [-0.05, 0) is 45.1 Å². The second-order valence-corrected chi connectivity index (χ2v) is 4.74. The first kappa shape index (κ1) is 10.9. The minimum Gasteiger partial charge on any atom is -0.462 e. The van der Waals surface area contributed by atoms with Crippen molar-refractivity contribution in [1.82, 2.24) is 5.32 Å². The van der Waals surface area contributed by atoms with E-state index in [-0.39, 0.29) is 18.0 Å². The van der Waals surface area contributed by atoms with Gasteiger partial charge in [0.1, 0.15) is 6.10 Å². The second kappa shape index (κ2) is 5.50. The highest BCUT2D eigenvalue weighted by Crippen LogP contribution is 2.22. The third kappa shape index (κ3) is 3.20. The highest BCUT2D eigenvalue weighted by Gasteiger charge is 2.25. The maximum Gasteiger partial charge on any atom is 0.310 e. The van der Waals surface area contributed by atoms with E-state index >= 15 is 0 Å². The lowest BCUT2D eigenvalue weighted by Crippen LogP contribution is -2.37. The molecule has 3 heteroatoms. The average Bonchev–Trinajstić information content (AvgIpc) is 2.31. The standard InChI is InChI=1S/C12H21NO2/c14-12(10-5-4-8-13-9-10)15-11-6-2-1-3-7-11/h10-11,13H,1-9H2/t10-/m0/s1. The molecule has 0 radical (unpaired) electrons. The predicted octanol–water partition coefficient (Wildman–Crippen LogP) is 1.86. The molecule has 1 aliphatic carbocycles. The zero-order valence-corrected chi connectivity index (χ0v) is 9.34. The topological polar surface area (TPSA) is 38.3 Å². The van der Waals surface area contributed by atoms with Gasteiger partial charge in [0, 0.05) is 6.54 Å². The Labute approximate surface area is 91.6 Å². The van der Waals surface area contributed by atoms with E-state index in [2.05, 4.69) is 5.32 Å². The minimum absolute atomic E-state index is 0.0362. The molecular weight excluding hydrogens is 190 g/mol. The van der Waals surface area contributed by atoms with Gasteiger partial charge in [-0.3, -0.25) is 4.79 Å². The molecule has 2 rings (SSSR count). The number of carbonyl (C=O) groups excluding carboxylic acids is 1. The highest BCUT2D eigenvalue weighted by molar-refractivity contribution is 5.73. The summed E-state index contributed by atoms with van der Waals surface area (Å²) in [4.78, 5) is 11.8. The van der Waals surface area contributed by atoms with Crippen LogP contribution in [0.15, 0.2) is 0 Å². The molecule has 2 aliphatic rings. The fourth-order valence-electron chi connectivity index (χ4n) is 2.50. The molecule has 1 saturated carbocycles. The molecule has 0 aromatic rings. The van der Waals surface area contributed by atoms with E-state index in [0.29, 0.717) is 0 Å². The molecule has 0 unspecified atom stereocenters. The third-order valence-corrected chi connectivity index (χ3v) is 3.47. The number of nitrogens with one attached hydrogen (secondary N) is 1. The smallest absolute Gasteiger partial charge is 0.310 e. The van der Waals surface area contributed by atoms with Gasteiger partial charge >= 0.3 is 5.97 Å². The van der Waals surface area contributed by atoms with Crippen molar-refractivity contribution in [3.63, 3.8) is 0 Å². The molecule has 1 heterocycles. The molecule has 15 heavy (non-hydrogen) atoms. The quantitative estimate of drug-likeness (QED) is 0.709.